The van der Waals surface area contributed by atoms with Crippen molar-refractivity contribution >= 4 is 12.0 Å². The van der Waals surface area contributed by atoms with E-state index in [0.29, 0.717) is 17.0 Å². The Kier molecular flexibility index (Phi) is 5.91. The minimum absolute atomic E-state index is 0.199. The van der Waals surface area contributed by atoms with Gasteiger partial charge in [0.05, 0.1) is 25.0 Å². The fourth-order valence-electron chi connectivity index (χ4n) is 2.56. The lowest BCUT2D eigenvalue weighted by molar-refractivity contribution is 0.0913. The topological polar surface area (TPSA) is 94.5 Å². The Balaban J connectivity index is 1.95. The molecule has 0 bridgehead atoms. The largest absolute Gasteiger partial charge is 0.497 e. The first-order valence-corrected chi connectivity index (χ1v) is 8.65. The fourth-order valence-corrected chi connectivity index (χ4v) is 2.56. The van der Waals surface area contributed by atoms with Crippen LogP contribution in [0.15, 0.2) is 60.8 Å². The number of hydrogen-bond acceptors (Lipinski definition) is 5. The predicted molar refractivity (Wildman–Crippen MR) is 103 cm³/mol. The van der Waals surface area contributed by atoms with Gasteiger partial charge < -0.3 is 9.47 Å². The zero-order chi connectivity index (χ0) is 19.9. The third-order valence-corrected chi connectivity index (χ3v) is 3.90. The van der Waals surface area contributed by atoms with Crippen LogP contribution in [0.3, 0.4) is 0 Å². The second-order valence-electron chi connectivity index (χ2n) is 5.70. The Labute approximate surface area is 162 Å². The molecule has 0 fully saturated rings. The maximum atomic E-state index is 12.7. The lowest BCUT2D eigenvalue weighted by Crippen LogP contribution is -2.42. The molecule has 8 nitrogen and oxygen atoms in total. The molecule has 3 rings (SSSR count). The Morgan fingerprint density at radius 3 is 2.39 bits per heavy atom. The van der Waals surface area contributed by atoms with Crippen molar-refractivity contribution in [2.45, 2.75) is 6.92 Å². The zero-order valence-electron chi connectivity index (χ0n) is 15.5. The van der Waals surface area contributed by atoms with E-state index in [2.05, 4.69) is 16.0 Å². The van der Waals surface area contributed by atoms with Gasteiger partial charge in [-0.25, -0.2) is 14.9 Å². The normalized spacial score (nSPS) is 10.2. The highest BCUT2D eigenvalue weighted by atomic mass is 16.6. The minimum Gasteiger partial charge on any atom is -0.497 e. The van der Waals surface area contributed by atoms with Gasteiger partial charge in [0, 0.05) is 11.8 Å². The zero-order valence-corrected chi connectivity index (χ0v) is 15.5. The number of para-hydroxylation sites is 1. The van der Waals surface area contributed by atoms with E-state index in [9.17, 15) is 9.59 Å². The first-order valence-electron chi connectivity index (χ1n) is 8.65. The van der Waals surface area contributed by atoms with Gasteiger partial charge in [-0.05, 0) is 43.3 Å². The molecule has 2 N–H and O–H groups in total. The monoisotopic (exact) mass is 380 g/mol. The number of carbonyl (C=O) groups is 2. The number of aromatic nitrogens is 2. The molecule has 3 aromatic rings. The second kappa shape index (κ2) is 8.72. The molecule has 0 spiro atoms. The predicted octanol–water partition coefficient (Wildman–Crippen LogP) is 2.94. The smallest absolute Gasteiger partial charge is 0.426 e. The van der Waals surface area contributed by atoms with E-state index in [1.165, 1.54) is 0 Å². The molecule has 28 heavy (non-hydrogen) atoms. The first kappa shape index (κ1) is 19.0. The van der Waals surface area contributed by atoms with Crippen LogP contribution in [-0.4, -0.2) is 35.5 Å². The molecule has 2 amide bonds. The molecule has 1 heterocycles. The maximum absolute atomic E-state index is 12.7. The SMILES string of the molecule is CCOC(=O)NNC(=O)c1cn(-c2ccccc2)nc1-c1ccc(OC)cc1. The first-order chi connectivity index (χ1) is 13.6. The van der Waals surface area contributed by atoms with Crippen LogP contribution in [0.2, 0.25) is 0 Å². The van der Waals surface area contributed by atoms with E-state index in [1.54, 1.807) is 37.0 Å². The van der Waals surface area contributed by atoms with Crippen molar-refractivity contribution in [1.29, 1.82) is 0 Å². The molecule has 0 aliphatic heterocycles. The summed E-state index contributed by atoms with van der Waals surface area (Å²) in [7, 11) is 1.58. The molecule has 0 atom stereocenters. The number of nitrogens with zero attached hydrogens (tertiary/aromatic N) is 2. The summed E-state index contributed by atoms with van der Waals surface area (Å²) < 4.78 is 11.5. The highest BCUT2D eigenvalue weighted by molar-refractivity contribution is 6.00. The van der Waals surface area contributed by atoms with Gasteiger partial charge in [0.25, 0.3) is 5.91 Å². The van der Waals surface area contributed by atoms with Gasteiger partial charge >= 0.3 is 6.09 Å². The summed E-state index contributed by atoms with van der Waals surface area (Å²) in [6, 6.07) is 16.6. The van der Waals surface area contributed by atoms with Crippen molar-refractivity contribution in [1.82, 2.24) is 20.6 Å². The van der Waals surface area contributed by atoms with Crippen LogP contribution in [0.1, 0.15) is 17.3 Å². The summed E-state index contributed by atoms with van der Waals surface area (Å²) in [5.41, 5.74) is 6.85. The van der Waals surface area contributed by atoms with Crippen LogP contribution < -0.4 is 15.6 Å². The number of nitrogens with one attached hydrogen (secondary N) is 2. The Morgan fingerprint density at radius 2 is 1.75 bits per heavy atom. The standard InChI is InChI=1S/C20H20N4O4/c1-3-28-20(26)22-21-19(25)17-13-24(15-7-5-4-6-8-15)23-18(17)14-9-11-16(27-2)12-10-14/h4-13H,3H2,1-2H3,(H,21,25)(H,22,26). The number of benzene rings is 2. The minimum atomic E-state index is -0.739. The summed E-state index contributed by atoms with van der Waals surface area (Å²) in [4.78, 5) is 24.1. The van der Waals surface area contributed by atoms with Crippen LogP contribution in [0.25, 0.3) is 16.9 Å². The summed E-state index contributed by atoms with van der Waals surface area (Å²) in [5.74, 6) is 0.183. The third-order valence-electron chi connectivity index (χ3n) is 3.90. The maximum Gasteiger partial charge on any atom is 0.426 e. The fraction of sp³-hybridized carbons (Fsp3) is 0.150. The van der Waals surface area contributed by atoms with Gasteiger partial charge in [0.1, 0.15) is 11.4 Å². The molecule has 0 unspecified atom stereocenters. The molecule has 0 radical (unpaired) electrons. The van der Waals surface area contributed by atoms with E-state index in [0.717, 1.165) is 11.3 Å². The molecule has 0 saturated carbocycles. The summed E-state index contributed by atoms with van der Waals surface area (Å²) in [5, 5.41) is 4.56. The number of carbonyl (C=O) groups excluding carboxylic acids is 2. The molecule has 144 valence electrons. The van der Waals surface area contributed by atoms with E-state index in [4.69, 9.17) is 9.47 Å². The second-order valence-corrected chi connectivity index (χ2v) is 5.70. The van der Waals surface area contributed by atoms with Crippen LogP contribution in [0.4, 0.5) is 4.79 Å². The Bertz CT molecular complexity index is 952. The van der Waals surface area contributed by atoms with Crippen molar-refractivity contribution in [2.75, 3.05) is 13.7 Å². The lowest BCUT2D eigenvalue weighted by Gasteiger charge is -2.07. The number of hydrazine groups is 1. The van der Waals surface area contributed by atoms with Crippen molar-refractivity contribution in [3.05, 3.63) is 66.4 Å². The molecule has 8 heteroatoms. The van der Waals surface area contributed by atoms with E-state index in [1.807, 2.05) is 42.5 Å². The van der Waals surface area contributed by atoms with E-state index < -0.39 is 12.0 Å². The molecule has 0 saturated heterocycles. The number of amides is 2. The average Bonchev–Trinajstić information content (AvgIpc) is 3.18. The molecule has 0 aliphatic rings. The van der Waals surface area contributed by atoms with Crippen LogP contribution >= 0.6 is 0 Å². The number of ether oxygens (including phenoxy) is 2. The molecular formula is C20H20N4O4. The summed E-state index contributed by atoms with van der Waals surface area (Å²) in [6.45, 7) is 1.87. The molecule has 2 aromatic carbocycles. The quantitative estimate of drug-likeness (QED) is 0.664. The number of hydrogen-bond donors (Lipinski definition) is 2. The van der Waals surface area contributed by atoms with Gasteiger partial charge in [-0.1, -0.05) is 18.2 Å². The Morgan fingerprint density at radius 1 is 1.04 bits per heavy atom. The molecule has 0 aliphatic carbocycles. The number of methoxy groups -OCH3 is 1. The summed E-state index contributed by atoms with van der Waals surface area (Å²) in [6.07, 6.45) is 0.870. The lowest BCUT2D eigenvalue weighted by atomic mass is 10.1. The Hall–Kier alpha value is -3.81. The van der Waals surface area contributed by atoms with Gasteiger partial charge in [-0.15, -0.1) is 0 Å². The van der Waals surface area contributed by atoms with Crippen LogP contribution in [0, 0.1) is 0 Å². The average molecular weight is 380 g/mol. The summed E-state index contributed by atoms with van der Waals surface area (Å²) >= 11 is 0. The third kappa shape index (κ3) is 4.29. The molecule has 1 aromatic heterocycles. The van der Waals surface area contributed by atoms with Gasteiger partial charge in [0.15, 0.2) is 0 Å². The van der Waals surface area contributed by atoms with Gasteiger partial charge in [0.2, 0.25) is 0 Å². The highest BCUT2D eigenvalue weighted by Gasteiger charge is 2.19. The highest BCUT2D eigenvalue weighted by Crippen LogP contribution is 2.25. The van der Waals surface area contributed by atoms with Gasteiger partial charge in [-0.3, -0.25) is 10.2 Å². The van der Waals surface area contributed by atoms with Crippen molar-refractivity contribution in [2.24, 2.45) is 0 Å². The van der Waals surface area contributed by atoms with Crippen molar-refractivity contribution in [3.8, 4) is 22.7 Å². The van der Waals surface area contributed by atoms with Crippen LogP contribution in [0.5, 0.6) is 5.75 Å². The van der Waals surface area contributed by atoms with Crippen molar-refractivity contribution in [3.63, 3.8) is 0 Å². The number of rotatable bonds is 5. The van der Waals surface area contributed by atoms with Crippen LogP contribution in [-0.2, 0) is 4.74 Å². The van der Waals surface area contributed by atoms with Crippen molar-refractivity contribution < 1.29 is 19.1 Å². The van der Waals surface area contributed by atoms with Gasteiger partial charge in [-0.2, -0.15) is 5.10 Å². The molecular weight excluding hydrogens is 360 g/mol. The van der Waals surface area contributed by atoms with E-state index >= 15 is 0 Å². The van der Waals surface area contributed by atoms with E-state index in [-0.39, 0.29) is 6.61 Å².